The molecule has 1 aromatic heterocycles. The number of aliphatic hydroxyl groups is 2. The predicted octanol–water partition coefficient (Wildman–Crippen LogP) is 3.95. The molecule has 0 spiro atoms. The van der Waals surface area contributed by atoms with Crippen molar-refractivity contribution in [2.45, 2.75) is 45.6 Å². The van der Waals surface area contributed by atoms with Gasteiger partial charge >= 0.3 is 0 Å². The van der Waals surface area contributed by atoms with E-state index in [4.69, 9.17) is 4.74 Å². The second-order valence-corrected chi connectivity index (χ2v) is 9.40. The summed E-state index contributed by atoms with van der Waals surface area (Å²) < 4.78 is 5.64. The van der Waals surface area contributed by atoms with Gasteiger partial charge in [-0.2, -0.15) is 0 Å². The van der Waals surface area contributed by atoms with Crippen LogP contribution in [0.3, 0.4) is 0 Å². The van der Waals surface area contributed by atoms with Crippen molar-refractivity contribution in [3.63, 3.8) is 0 Å². The zero-order chi connectivity index (χ0) is 27.1. The molecule has 0 bridgehead atoms. The highest BCUT2D eigenvalue weighted by molar-refractivity contribution is 5.98. The van der Waals surface area contributed by atoms with Crippen LogP contribution < -0.4 is 15.4 Å². The summed E-state index contributed by atoms with van der Waals surface area (Å²) in [5, 5.41) is 36.8. The van der Waals surface area contributed by atoms with E-state index >= 15 is 0 Å². The number of nitrogens with one attached hydrogen (secondary N) is 3. The number of ether oxygens (including phenoxy) is 1. The molecule has 0 unspecified atom stereocenters. The molecule has 6 N–H and O–H groups in total. The number of aliphatic hydroxyl groups excluding tert-OH is 2. The minimum Gasteiger partial charge on any atom is -0.508 e. The van der Waals surface area contributed by atoms with Crippen LogP contribution in [0.25, 0.3) is 10.9 Å². The summed E-state index contributed by atoms with van der Waals surface area (Å²) in [6.45, 7) is 4.95. The Bertz CT molecular complexity index is 1380. The monoisotopic (exact) mass is 517 g/mol. The zero-order valence-corrected chi connectivity index (χ0v) is 21.7. The number of aromatic amines is 1. The Kier molecular flexibility index (Phi) is 9.02. The zero-order valence-electron chi connectivity index (χ0n) is 21.7. The van der Waals surface area contributed by atoms with Crippen molar-refractivity contribution in [3.05, 3.63) is 94.7 Å². The fourth-order valence-corrected chi connectivity index (χ4v) is 4.44. The summed E-state index contributed by atoms with van der Waals surface area (Å²) in [6.07, 6.45) is -0.0294. The van der Waals surface area contributed by atoms with E-state index in [1.165, 1.54) is 6.07 Å². The molecule has 0 aliphatic heterocycles. The Morgan fingerprint density at radius 3 is 2.66 bits per heavy atom. The van der Waals surface area contributed by atoms with Crippen LogP contribution in [-0.2, 0) is 19.6 Å². The quantitative estimate of drug-likeness (QED) is 0.169. The summed E-state index contributed by atoms with van der Waals surface area (Å²) in [5.74, 6) is 0.596. The van der Waals surface area contributed by atoms with E-state index in [1.807, 2.05) is 56.3 Å². The molecule has 200 valence electrons. The lowest BCUT2D eigenvalue weighted by atomic mass is 10.0. The third-order valence-electron chi connectivity index (χ3n) is 6.50. The van der Waals surface area contributed by atoms with Crippen LogP contribution in [0.2, 0.25) is 0 Å². The molecule has 0 saturated carbocycles. The first-order valence-corrected chi connectivity index (χ1v) is 12.8. The van der Waals surface area contributed by atoms with E-state index in [1.54, 1.807) is 12.1 Å². The molecule has 1 amide bonds. The van der Waals surface area contributed by atoms with Gasteiger partial charge in [0.25, 0.3) is 5.91 Å². The molecule has 8 nitrogen and oxygen atoms in total. The van der Waals surface area contributed by atoms with Gasteiger partial charge in [-0.1, -0.05) is 30.3 Å². The average Bonchev–Trinajstić information content (AvgIpc) is 3.35. The van der Waals surface area contributed by atoms with Crippen LogP contribution in [-0.4, -0.2) is 45.4 Å². The lowest BCUT2D eigenvalue weighted by Gasteiger charge is -2.18. The van der Waals surface area contributed by atoms with Crippen LogP contribution in [0, 0.1) is 0 Å². The molecule has 4 aromatic rings. The lowest BCUT2D eigenvalue weighted by Crippen LogP contribution is -2.32. The first-order chi connectivity index (χ1) is 18.4. The van der Waals surface area contributed by atoms with Gasteiger partial charge in [-0.05, 0) is 67.8 Å². The number of H-pyrrole nitrogens is 1. The number of fused-ring (bicyclic) bond motifs is 1. The topological polar surface area (TPSA) is 127 Å². The molecule has 0 radical (unpaired) electrons. The maximum absolute atomic E-state index is 12.8. The number of carbonyl (C=O) groups excluding carboxylic acids is 1. The van der Waals surface area contributed by atoms with Crippen LogP contribution in [0.4, 0.5) is 0 Å². The van der Waals surface area contributed by atoms with Crippen molar-refractivity contribution < 1.29 is 24.9 Å². The highest BCUT2D eigenvalue weighted by atomic mass is 16.5. The van der Waals surface area contributed by atoms with Gasteiger partial charge in [0, 0.05) is 41.2 Å². The molecular weight excluding hydrogens is 482 g/mol. The largest absolute Gasteiger partial charge is 0.508 e. The molecule has 0 fully saturated rings. The Labute approximate surface area is 222 Å². The lowest BCUT2D eigenvalue weighted by molar-refractivity contribution is 0.0946. The molecule has 0 aliphatic carbocycles. The number of rotatable bonds is 12. The molecule has 1 heterocycles. The Hall–Kier alpha value is -3.85. The van der Waals surface area contributed by atoms with Gasteiger partial charge in [-0.25, -0.2) is 0 Å². The molecule has 8 heteroatoms. The summed E-state index contributed by atoms with van der Waals surface area (Å²) in [5.41, 5.74) is 4.43. The summed E-state index contributed by atoms with van der Waals surface area (Å²) >= 11 is 0. The van der Waals surface area contributed by atoms with Gasteiger partial charge in [-0.15, -0.1) is 0 Å². The van der Waals surface area contributed by atoms with Gasteiger partial charge < -0.3 is 35.7 Å². The standard InChI is InChI=1S/C30H35N3O5/c1-3-38-29-7-5-4-6-22(29)16-32-30(37)26-15-23-13-20(8-10-25(23)33-26)12-19(2)31-17-28(36)21-9-11-27(35)24(14-21)18-34/h4-11,13-15,19,28,31,33-36H,3,12,16-18H2,1-2H3,(H,32,37)/t19-,28+/m1/s1. The van der Waals surface area contributed by atoms with Gasteiger partial charge in [0.2, 0.25) is 0 Å². The Morgan fingerprint density at radius 2 is 1.87 bits per heavy atom. The van der Waals surface area contributed by atoms with Crippen molar-refractivity contribution in [3.8, 4) is 11.5 Å². The van der Waals surface area contributed by atoms with Crippen molar-refractivity contribution in [2.75, 3.05) is 13.2 Å². The van der Waals surface area contributed by atoms with E-state index in [0.717, 1.165) is 34.2 Å². The number of para-hydroxylation sites is 1. The summed E-state index contributed by atoms with van der Waals surface area (Å²) in [4.78, 5) is 16.0. The fraction of sp³-hybridized carbons (Fsp3) is 0.300. The minimum absolute atomic E-state index is 0.0115. The van der Waals surface area contributed by atoms with Crippen LogP contribution in [0.15, 0.2) is 66.7 Å². The Balaban J connectivity index is 1.33. The SMILES string of the molecule is CCOc1ccccc1CNC(=O)c1cc2cc(C[C@@H](C)NC[C@H](O)c3ccc(O)c(CO)c3)ccc2[nH]1. The van der Waals surface area contributed by atoms with E-state index in [9.17, 15) is 20.1 Å². The van der Waals surface area contributed by atoms with Gasteiger partial charge in [0.05, 0.1) is 19.3 Å². The van der Waals surface area contributed by atoms with E-state index in [2.05, 4.69) is 21.7 Å². The minimum atomic E-state index is -0.767. The number of phenols is 1. The first kappa shape index (κ1) is 27.2. The van der Waals surface area contributed by atoms with Gasteiger partial charge in [-0.3, -0.25) is 4.79 Å². The molecule has 2 atom stereocenters. The number of carbonyl (C=O) groups is 1. The summed E-state index contributed by atoms with van der Waals surface area (Å²) in [6, 6.07) is 20.4. The van der Waals surface area contributed by atoms with Crippen LogP contribution in [0.1, 0.15) is 52.7 Å². The molecule has 0 saturated heterocycles. The maximum Gasteiger partial charge on any atom is 0.267 e. The molecule has 38 heavy (non-hydrogen) atoms. The summed E-state index contributed by atoms with van der Waals surface area (Å²) in [7, 11) is 0. The second kappa shape index (κ2) is 12.6. The number of benzene rings is 3. The number of aromatic hydroxyl groups is 1. The first-order valence-electron chi connectivity index (χ1n) is 12.8. The highest BCUT2D eigenvalue weighted by Crippen LogP contribution is 2.23. The molecular formula is C30H35N3O5. The third kappa shape index (κ3) is 6.72. The Morgan fingerprint density at radius 1 is 1.05 bits per heavy atom. The smallest absolute Gasteiger partial charge is 0.267 e. The number of amides is 1. The van der Waals surface area contributed by atoms with Crippen molar-refractivity contribution >= 4 is 16.8 Å². The van der Waals surface area contributed by atoms with E-state index in [-0.39, 0.29) is 24.3 Å². The van der Waals surface area contributed by atoms with Gasteiger partial charge in [0.15, 0.2) is 0 Å². The number of aromatic nitrogens is 1. The fourth-order valence-electron chi connectivity index (χ4n) is 4.44. The van der Waals surface area contributed by atoms with Gasteiger partial charge in [0.1, 0.15) is 17.2 Å². The van der Waals surface area contributed by atoms with Crippen LogP contribution in [0.5, 0.6) is 11.5 Å². The highest BCUT2D eigenvalue weighted by Gasteiger charge is 2.14. The van der Waals surface area contributed by atoms with Crippen LogP contribution >= 0.6 is 0 Å². The van der Waals surface area contributed by atoms with E-state index < -0.39 is 6.10 Å². The maximum atomic E-state index is 12.8. The molecule has 0 aliphatic rings. The number of hydrogen-bond acceptors (Lipinski definition) is 6. The average molecular weight is 518 g/mol. The normalized spacial score (nSPS) is 12.8. The van der Waals surface area contributed by atoms with E-state index in [0.29, 0.717) is 36.5 Å². The van der Waals surface area contributed by atoms with Crippen molar-refractivity contribution in [1.29, 1.82) is 0 Å². The third-order valence-corrected chi connectivity index (χ3v) is 6.50. The predicted molar refractivity (Wildman–Crippen MR) is 147 cm³/mol. The molecule has 4 rings (SSSR count). The second-order valence-electron chi connectivity index (χ2n) is 9.40. The molecule has 3 aromatic carbocycles. The number of hydrogen-bond donors (Lipinski definition) is 6. The van der Waals surface area contributed by atoms with Crippen molar-refractivity contribution in [1.82, 2.24) is 15.6 Å². The van der Waals surface area contributed by atoms with Crippen molar-refractivity contribution in [2.24, 2.45) is 0 Å².